The third-order valence-electron chi connectivity index (χ3n) is 4.50. The lowest BCUT2D eigenvalue weighted by Crippen LogP contribution is -2.31. The van der Waals surface area contributed by atoms with E-state index in [4.69, 9.17) is 0 Å². The first-order valence-corrected chi connectivity index (χ1v) is 8.29. The fourth-order valence-electron chi connectivity index (χ4n) is 3.13. The molecular weight excluding hydrogens is 305 g/mol. The van der Waals surface area contributed by atoms with E-state index in [2.05, 4.69) is 15.2 Å². The molecule has 0 radical (unpaired) electrons. The largest absolute Gasteiger partial charge is 0.350 e. The Morgan fingerprint density at radius 1 is 1.33 bits per heavy atom. The van der Waals surface area contributed by atoms with Crippen LogP contribution >= 0.6 is 0 Å². The monoisotopic (exact) mass is 327 g/mol. The van der Waals surface area contributed by atoms with E-state index in [9.17, 15) is 9.18 Å². The van der Waals surface area contributed by atoms with Crippen LogP contribution in [0.25, 0.3) is 0 Å². The zero-order valence-electron chi connectivity index (χ0n) is 13.8. The van der Waals surface area contributed by atoms with Gasteiger partial charge < -0.3 is 5.32 Å². The van der Waals surface area contributed by atoms with Crippen molar-refractivity contribution in [2.45, 2.75) is 19.9 Å². The van der Waals surface area contributed by atoms with Crippen molar-refractivity contribution in [1.29, 1.82) is 0 Å². The number of carbonyl (C=O) groups is 1. The highest BCUT2D eigenvalue weighted by Crippen LogP contribution is 2.19. The maximum atomic E-state index is 13.7. The van der Waals surface area contributed by atoms with Crippen LogP contribution in [0.15, 0.2) is 42.6 Å². The van der Waals surface area contributed by atoms with Gasteiger partial charge in [0.2, 0.25) is 0 Å². The fraction of sp³-hybridized carbons (Fsp3) is 0.368. The molecule has 2 aromatic rings. The van der Waals surface area contributed by atoms with Gasteiger partial charge in [0, 0.05) is 31.4 Å². The lowest BCUT2D eigenvalue weighted by Gasteiger charge is -2.17. The number of nitrogens with one attached hydrogen (secondary N) is 1. The van der Waals surface area contributed by atoms with Crippen LogP contribution in [0.2, 0.25) is 0 Å². The number of benzene rings is 1. The van der Waals surface area contributed by atoms with Crippen LogP contribution in [-0.2, 0) is 6.54 Å². The number of aryl methyl sites for hydroxylation is 1. The van der Waals surface area contributed by atoms with Crippen molar-refractivity contribution in [2.24, 2.45) is 5.92 Å². The molecule has 1 aromatic carbocycles. The van der Waals surface area contributed by atoms with Crippen molar-refractivity contribution in [3.05, 3.63) is 65.2 Å². The number of aromatic nitrogens is 1. The SMILES string of the molecule is Cc1cccnc1C(=O)NCC1CCN(Cc2ccccc2F)C1. The highest BCUT2D eigenvalue weighted by molar-refractivity contribution is 5.93. The summed E-state index contributed by atoms with van der Waals surface area (Å²) in [5, 5.41) is 2.98. The Balaban J connectivity index is 1.49. The van der Waals surface area contributed by atoms with E-state index in [0.717, 1.165) is 30.6 Å². The molecule has 1 aromatic heterocycles. The summed E-state index contributed by atoms with van der Waals surface area (Å²) in [6, 6.07) is 10.6. The summed E-state index contributed by atoms with van der Waals surface area (Å²) in [5.41, 5.74) is 2.09. The topological polar surface area (TPSA) is 45.2 Å². The number of halogens is 1. The van der Waals surface area contributed by atoms with Gasteiger partial charge in [-0.05, 0) is 43.5 Å². The maximum Gasteiger partial charge on any atom is 0.270 e. The van der Waals surface area contributed by atoms with Crippen LogP contribution in [0, 0.1) is 18.7 Å². The molecule has 1 saturated heterocycles. The van der Waals surface area contributed by atoms with E-state index >= 15 is 0 Å². The van der Waals surface area contributed by atoms with Gasteiger partial charge in [-0.15, -0.1) is 0 Å². The second kappa shape index (κ2) is 7.53. The highest BCUT2D eigenvalue weighted by Gasteiger charge is 2.24. The minimum absolute atomic E-state index is 0.124. The lowest BCUT2D eigenvalue weighted by atomic mass is 10.1. The molecule has 0 spiro atoms. The number of carbonyl (C=O) groups excluding carboxylic acids is 1. The molecule has 1 fully saturated rings. The van der Waals surface area contributed by atoms with E-state index in [1.54, 1.807) is 12.3 Å². The number of hydrogen-bond acceptors (Lipinski definition) is 3. The van der Waals surface area contributed by atoms with Gasteiger partial charge in [-0.25, -0.2) is 4.39 Å². The molecule has 1 amide bonds. The molecule has 1 N–H and O–H groups in total. The first-order chi connectivity index (χ1) is 11.6. The zero-order valence-corrected chi connectivity index (χ0v) is 13.8. The average Bonchev–Trinajstić information content (AvgIpc) is 3.03. The third kappa shape index (κ3) is 3.97. The van der Waals surface area contributed by atoms with E-state index in [-0.39, 0.29) is 11.7 Å². The van der Waals surface area contributed by atoms with E-state index in [1.807, 2.05) is 31.2 Å². The maximum absolute atomic E-state index is 13.7. The molecule has 1 atom stereocenters. The Labute approximate surface area is 141 Å². The lowest BCUT2D eigenvalue weighted by molar-refractivity contribution is 0.0941. The smallest absolute Gasteiger partial charge is 0.270 e. The van der Waals surface area contributed by atoms with Crippen LogP contribution < -0.4 is 5.32 Å². The summed E-state index contributed by atoms with van der Waals surface area (Å²) in [5.74, 6) is 0.116. The van der Waals surface area contributed by atoms with Gasteiger partial charge in [-0.3, -0.25) is 14.7 Å². The van der Waals surface area contributed by atoms with Crippen molar-refractivity contribution in [3.63, 3.8) is 0 Å². The Hall–Kier alpha value is -2.27. The first-order valence-electron chi connectivity index (χ1n) is 8.29. The van der Waals surface area contributed by atoms with Crippen molar-refractivity contribution in [2.75, 3.05) is 19.6 Å². The Bertz CT molecular complexity index is 719. The second-order valence-electron chi connectivity index (χ2n) is 6.36. The molecule has 24 heavy (non-hydrogen) atoms. The molecule has 0 bridgehead atoms. The Kier molecular flexibility index (Phi) is 5.20. The highest BCUT2D eigenvalue weighted by atomic mass is 19.1. The molecule has 126 valence electrons. The summed E-state index contributed by atoms with van der Waals surface area (Å²) in [6.07, 6.45) is 2.64. The quantitative estimate of drug-likeness (QED) is 0.918. The van der Waals surface area contributed by atoms with E-state index in [1.165, 1.54) is 6.07 Å². The molecule has 1 aliphatic rings. The predicted octanol–water partition coefficient (Wildman–Crippen LogP) is 2.78. The number of amides is 1. The second-order valence-corrected chi connectivity index (χ2v) is 6.36. The van der Waals surface area contributed by atoms with Crippen molar-refractivity contribution >= 4 is 5.91 Å². The molecular formula is C19H22FN3O. The van der Waals surface area contributed by atoms with Crippen molar-refractivity contribution in [1.82, 2.24) is 15.2 Å². The summed E-state index contributed by atoms with van der Waals surface area (Å²) in [4.78, 5) is 18.6. The molecule has 3 rings (SSSR count). The average molecular weight is 327 g/mol. The van der Waals surface area contributed by atoms with Gasteiger partial charge >= 0.3 is 0 Å². The van der Waals surface area contributed by atoms with Crippen LogP contribution in [0.4, 0.5) is 4.39 Å². The van der Waals surface area contributed by atoms with Crippen LogP contribution in [0.1, 0.15) is 28.0 Å². The van der Waals surface area contributed by atoms with Gasteiger partial charge in [0.15, 0.2) is 0 Å². The molecule has 0 saturated carbocycles. The normalized spacial score (nSPS) is 17.8. The molecule has 4 nitrogen and oxygen atoms in total. The molecule has 5 heteroatoms. The fourth-order valence-corrected chi connectivity index (χ4v) is 3.13. The first kappa shape index (κ1) is 16.6. The van der Waals surface area contributed by atoms with Gasteiger partial charge in [0.25, 0.3) is 5.91 Å². The Morgan fingerprint density at radius 3 is 2.96 bits per heavy atom. The number of pyridine rings is 1. The van der Waals surface area contributed by atoms with Gasteiger partial charge in [0.05, 0.1) is 0 Å². The number of hydrogen-bond donors (Lipinski definition) is 1. The summed E-state index contributed by atoms with van der Waals surface area (Å²) in [6.45, 7) is 4.93. The van der Waals surface area contributed by atoms with E-state index < -0.39 is 0 Å². The minimum Gasteiger partial charge on any atom is -0.350 e. The third-order valence-corrected chi connectivity index (χ3v) is 4.50. The van der Waals surface area contributed by atoms with E-state index in [0.29, 0.717) is 24.7 Å². The Morgan fingerprint density at radius 2 is 2.17 bits per heavy atom. The predicted molar refractivity (Wildman–Crippen MR) is 91.1 cm³/mol. The standard InChI is InChI=1S/C19H22FN3O/c1-14-5-4-9-21-18(14)19(24)22-11-15-8-10-23(12-15)13-16-6-2-3-7-17(16)20/h2-7,9,15H,8,10-13H2,1H3,(H,22,24). The summed E-state index contributed by atoms with van der Waals surface area (Å²) >= 11 is 0. The van der Waals surface area contributed by atoms with Gasteiger partial charge in [-0.1, -0.05) is 24.3 Å². The summed E-state index contributed by atoms with van der Waals surface area (Å²) < 4.78 is 13.7. The summed E-state index contributed by atoms with van der Waals surface area (Å²) in [7, 11) is 0. The van der Waals surface area contributed by atoms with Gasteiger partial charge in [0.1, 0.15) is 11.5 Å². The van der Waals surface area contributed by atoms with Crippen LogP contribution in [-0.4, -0.2) is 35.4 Å². The number of likely N-dealkylation sites (tertiary alicyclic amines) is 1. The van der Waals surface area contributed by atoms with Crippen LogP contribution in [0.5, 0.6) is 0 Å². The molecule has 2 heterocycles. The minimum atomic E-state index is -0.153. The van der Waals surface area contributed by atoms with Crippen molar-refractivity contribution in [3.8, 4) is 0 Å². The van der Waals surface area contributed by atoms with Gasteiger partial charge in [-0.2, -0.15) is 0 Å². The molecule has 1 aliphatic heterocycles. The molecule has 0 aliphatic carbocycles. The molecule has 1 unspecified atom stereocenters. The number of nitrogens with zero attached hydrogens (tertiary/aromatic N) is 2. The zero-order chi connectivity index (χ0) is 16.9. The van der Waals surface area contributed by atoms with Crippen molar-refractivity contribution < 1.29 is 9.18 Å². The van der Waals surface area contributed by atoms with Crippen LogP contribution in [0.3, 0.4) is 0 Å². The number of rotatable bonds is 5.